The summed E-state index contributed by atoms with van der Waals surface area (Å²) in [6.07, 6.45) is 5.36. The van der Waals surface area contributed by atoms with E-state index in [-0.39, 0.29) is 68.5 Å². The van der Waals surface area contributed by atoms with Crippen molar-refractivity contribution in [1.29, 1.82) is 0 Å². The number of alkyl carbamates (subject to hydrolysis) is 1. The van der Waals surface area contributed by atoms with Crippen molar-refractivity contribution in [2.45, 2.75) is 127 Å². The zero-order valence-corrected chi connectivity index (χ0v) is 32.1. The van der Waals surface area contributed by atoms with Crippen molar-refractivity contribution >= 4 is 45.5 Å². The normalized spacial score (nSPS) is 28.4. The number of nitrogens with one attached hydrogen (secondary N) is 5. The van der Waals surface area contributed by atoms with Gasteiger partial charge in [-0.15, -0.1) is 6.58 Å². The molecule has 2 saturated heterocycles. The Morgan fingerprint density at radius 3 is 2.37 bits per heavy atom. The second kappa shape index (κ2) is 16.5. The van der Waals surface area contributed by atoms with Gasteiger partial charge in [0.1, 0.15) is 12.1 Å². The Morgan fingerprint density at radius 2 is 1.71 bits per heavy atom. The van der Waals surface area contributed by atoms with Crippen LogP contribution in [0.25, 0.3) is 0 Å². The molecule has 52 heavy (non-hydrogen) atoms. The van der Waals surface area contributed by atoms with Crippen LogP contribution in [-0.2, 0) is 33.8 Å². The zero-order chi connectivity index (χ0) is 38.5. The van der Waals surface area contributed by atoms with Gasteiger partial charge in [-0.1, -0.05) is 39.2 Å². The summed E-state index contributed by atoms with van der Waals surface area (Å²) < 4.78 is 31.0. The first-order chi connectivity index (χ1) is 24.3. The third-order valence-corrected chi connectivity index (χ3v) is 14.1. The minimum atomic E-state index is -3.61. The minimum Gasteiger partial charge on any atom is -0.450 e. The second-order valence-corrected chi connectivity index (χ2v) is 19.1. The molecule has 0 radical (unpaired) electrons. The number of hydrogen-bond acceptors (Lipinski definition) is 9. The average Bonchev–Trinajstić information content (AvgIpc) is 3.37. The fraction of sp³-hybridized carbons (Fsp3) is 0.778. The zero-order valence-electron chi connectivity index (χ0n) is 31.3. The number of ketones is 1. The molecular formula is C36H58N6O9S. The summed E-state index contributed by atoms with van der Waals surface area (Å²) in [5.41, 5.74) is -1.28. The smallest absolute Gasteiger partial charge is 0.407 e. The lowest BCUT2D eigenvalue weighted by molar-refractivity contribution is -0.144. The van der Waals surface area contributed by atoms with E-state index in [1.165, 1.54) is 11.0 Å². The summed E-state index contributed by atoms with van der Waals surface area (Å²) in [4.78, 5) is 82.0. The number of sulfone groups is 1. The fourth-order valence-electron chi connectivity index (χ4n) is 7.92. The van der Waals surface area contributed by atoms with Crippen LogP contribution in [0.15, 0.2) is 12.7 Å². The molecule has 0 spiro atoms. The Labute approximate surface area is 307 Å². The third-order valence-electron chi connectivity index (χ3n) is 11.3. The molecule has 0 aromatic carbocycles. The van der Waals surface area contributed by atoms with E-state index in [0.717, 1.165) is 19.3 Å². The number of carbonyl (C=O) groups excluding carboxylic acids is 6. The molecule has 4 rings (SSSR count). The van der Waals surface area contributed by atoms with E-state index in [0.29, 0.717) is 25.7 Å². The first-order valence-electron chi connectivity index (χ1n) is 18.6. The number of urea groups is 1. The van der Waals surface area contributed by atoms with Crippen molar-refractivity contribution in [1.82, 2.24) is 31.5 Å². The highest BCUT2D eigenvalue weighted by Crippen LogP contribution is 2.65. The molecule has 0 aromatic heterocycles. The molecule has 2 aliphatic carbocycles. The maximum absolute atomic E-state index is 14.4. The molecule has 5 atom stereocenters. The highest BCUT2D eigenvalue weighted by atomic mass is 32.2. The van der Waals surface area contributed by atoms with Crippen LogP contribution in [0.1, 0.15) is 98.8 Å². The summed E-state index contributed by atoms with van der Waals surface area (Å²) >= 11 is 0. The summed E-state index contributed by atoms with van der Waals surface area (Å²) in [5.74, 6) is -3.23. The van der Waals surface area contributed by atoms with Gasteiger partial charge >= 0.3 is 12.1 Å². The minimum absolute atomic E-state index is 0.00236. The van der Waals surface area contributed by atoms with E-state index in [9.17, 15) is 37.2 Å². The molecule has 0 unspecified atom stereocenters. The standard InChI is InChI=1S/C36H58N6O9S/c1-7-18-37-30(45)28(43)24-14-9-12-19-38-33(48)51-20-13-15-25(31(46)42-21-23-26(35(23,5)6)27(42)29(44)39-24)40-32(47)41-36(16-10-8-11-17-36)22-52(49,50)34(2,3)4/h7,23-27H,1,8-22H2,2-6H3,(H,37,45)(H,38,48)(H,39,44)(H2,40,41,47)/t23-,24-,25-,26-,27-/m0/s1. The van der Waals surface area contributed by atoms with Crippen molar-refractivity contribution in [3.63, 3.8) is 0 Å². The van der Waals surface area contributed by atoms with Gasteiger partial charge in [0.05, 0.1) is 28.7 Å². The van der Waals surface area contributed by atoms with Gasteiger partial charge in [-0.05, 0) is 83.0 Å². The molecule has 4 fully saturated rings. The molecule has 0 bridgehead atoms. The van der Waals surface area contributed by atoms with E-state index in [1.807, 2.05) is 13.8 Å². The van der Waals surface area contributed by atoms with Crippen molar-refractivity contribution in [2.24, 2.45) is 17.3 Å². The van der Waals surface area contributed by atoms with E-state index in [1.54, 1.807) is 20.8 Å². The van der Waals surface area contributed by atoms with Gasteiger partial charge in [-0.2, -0.15) is 0 Å². The Morgan fingerprint density at radius 1 is 1.02 bits per heavy atom. The molecule has 5 N–H and O–H groups in total. The highest BCUT2D eigenvalue weighted by Gasteiger charge is 2.69. The molecule has 0 aromatic rings. The van der Waals surface area contributed by atoms with E-state index in [4.69, 9.17) is 4.74 Å². The number of piperidine rings is 1. The largest absolute Gasteiger partial charge is 0.450 e. The van der Waals surface area contributed by atoms with E-state index in [2.05, 4.69) is 33.2 Å². The van der Waals surface area contributed by atoms with Gasteiger partial charge in [0.2, 0.25) is 17.6 Å². The molecule has 292 valence electrons. The lowest BCUT2D eigenvalue weighted by Gasteiger charge is -2.40. The van der Waals surface area contributed by atoms with Crippen molar-refractivity contribution in [3.05, 3.63) is 12.7 Å². The van der Waals surface area contributed by atoms with Crippen molar-refractivity contribution in [2.75, 3.05) is 32.0 Å². The van der Waals surface area contributed by atoms with Crippen LogP contribution in [0.4, 0.5) is 9.59 Å². The predicted octanol–water partition coefficient (Wildman–Crippen LogP) is 2.10. The summed E-state index contributed by atoms with van der Waals surface area (Å²) in [6, 6.07) is -3.97. The van der Waals surface area contributed by atoms with Gasteiger partial charge in [-0.3, -0.25) is 19.2 Å². The monoisotopic (exact) mass is 750 g/mol. The highest BCUT2D eigenvalue weighted by molar-refractivity contribution is 7.92. The average molecular weight is 751 g/mol. The summed E-state index contributed by atoms with van der Waals surface area (Å²) in [5, 5.41) is 13.6. The van der Waals surface area contributed by atoms with Gasteiger partial charge in [0.25, 0.3) is 5.91 Å². The number of Topliss-reactive ketones (excluding diaryl/α,β-unsaturated/α-hetero) is 1. The maximum atomic E-state index is 14.4. The van der Waals surface area contributed by atoms with Crippen LogP contribution >= 0.6 is 0 Å². The van der Waals surface area contributed by atoms with Crippen LogP contribution in [0.5, 0.6) is 0 Å². The van der Waals surface area contributed by atoms with E-state index < -0.39 is 73.9 Å². The number of ether oxygens (including phenoxy) is 1. The summed E-state index contributed by atoms with van der Waals surface area (Å²) in [7, 11) is -3.61. The number of hydrogen-bond donors (Lipinski definition) is 5. The number of rotatable bonds is 8. The molecule has 15 nitrogen and oxygen atoms in total. The molecular weight excluding hydrogens is 692 g/mol. The van der Waals surface area contributed by atoms with Crippen LogP contribution in [0.2, 0.25) is 0 Å². The van der Waals surface area contributed by atoms with E-state index >= 15 is 0 Å². The first-order valence-corrected chi connectivity index (χ1v) is 20.2. The number of nitrogens with zero attached hydrogens (tertiary/aromatic N) is 1. The number of cyclic esters (lactones) is 1. The molecule has 6 amide bonds. The number of carbonyl (C=O) groups is 6. The lowest BCUT2D eigenvalue weighted by atomic mass is 9.83. The van der Waals surface area contributed by atoms with Crippen LogP contribution in [-0.4, -0.2) is 109 Å². The van der Waals surface area contributed by atoms with Crippen LogP contribution in [0.3, 0.4) is 0 Å². The molecule has 16 heteroatoms. The Bertz CT molecular complexity index is 1500. The predicted molar refractivity (Wildman–Crippen MR) is 194 cm³/mol. The Balaban J connectivity index is 1.61. The fourth-order valence-corrected chi connectivity index (χ4v) is 9.44. The first kappa shape index (κ1) is 41.1. The lowest BCUT2D eigenvalue weighted by Crippen LogP contribution is -2.62. The number of amides is 6. The van der Waals surface area contributed by atoms with Crippen molar-refractivity contribution in [3.8, 4) is 0 Å². The van der Waals surface area contributed by atoms with Gasteiger partial charge in [-0.25, -0.2) is 18.0 Å². The topological polar surface area (TPSA) is 209 Å². The number of fused-ring (bicyclic) bond motifs is 3. The summed E-state index contributed by atoms with van der Waals surface area (Å²) in [6.45, 7) is 13.0. The SMILES string of the molecule is C=CCNC(=O)C(=O)[C@@H]1CCCCNC(=O)OCCC[C@H](NC(=O)NC2(CS(=O)(=O)C(C)(C)C)CCCCC2)C(=O)N2C[C@H]3[C@@H]([C@H]2C(=O)N1)C3(C)C. The van der Waals surface area contributed by atoms with Crippen molar-refractivity contribution < 1.29 is 41.9 Å². The van der Waals surface area contributed by atoms with Gasteiger partial charge < -0.3 is 36.2 Å². The third kappa shape index (κ3) is 9.64. The van der Waals surface area contributed by atoms with Crippen LogP contribution in [0, 0.1) is 17.3 Å². The maximum Gasteiger partial charge on any atom is 0.407 e. The Kier molecular flexibility index (Phi) is 13.1. The molecule has 2 heterocycles. The van der Waals surface area contributed by atoms with Gasteiger partial charge in [0, 0.05) is 19.6 Å². The molecule has 2 saturated carbocycles. The second-order valence-electron chi connectivity index (χ2n) is 16.4. The van der Waals surface area contributed by atoms with Gasteiger partial charge in [0.15, 0.2) is 9.84 Å². The molecule has 4 aliphatic rings. The Hall–Kier alpha value is -3.69. The molecule has 2 aliphatic heterocycles. The van der Waals surface area contributed by atoms with Crippen LogP contribution < -0.4 is 26.6 Å². The quantitative estimate of drug-likeness (QED) is 0.182.